The lowest BCUT2D eigenvalue weighted by Gasteiger charge is -2.37. The van der Waals surface area contributed by atoms with Crippen molar-refractivity contribution >= 4 is 27.4 Å². The summed E-state index contributed by atoms with van der Waals surface area (Å²) < 4.78 is 42.0. The molecule has 1 aliphatic heterocycles. The molecule has 0 bridgehead atoms. The summed E-state index contributed by atoms with van der Waals surface area (Å²) in [6.07, 6.45) is 0. The highest BCUT2D eigenvalue weighted by molar-refractivity contribution is 7.89. The Morgan fingerprint density at radius 2 is 1.94 bits per heavy atom. The summed E-state index contributed by atoms with van der Waals surface area (Å²) in [4.78, 5) is 16.7. The Labute approximate surface area is 188 Å². The van der Waals surface area contributed by atoms with E-state index in [0.29, 0.717) is 12.1 Å². The van der Waals surface area contributed by atoms with E-state index >= 15 is 0 Å². The molecule has 1 heterocycles. The van der Waals surface area contributed by atoms with Gasteiger partial charge in [-0.3, -0.25) is 9.69 Å². The van der Waals surface area contributed by atoms with Gasteiger partial charge in [0.15, 0.2) is 11.6 Å². The number of hydrogen-bond acceptors (Lipinski definition) is 5. The van der Waals surface area contributed by atoms with Gasteiger partial charge < -0.3 is 4.90 Å². The van der Waals surface area contributed by atoms with Gasteiger partial charge in [-0.2, -0.15) is 0 Å². The van der Waals surface area contributed by atoms with Gasteiger partial charge in [0.05, 0.1) is 22.9 Å². The molecule has 1 fully saturated rings. The first kappa shape index (κ1) is 23.8. The van der Waals surface area contributed by atoms with Crippen LogP contribution >= 0.6 is 11.6 Å². The minimum absolute atomic E-state index is 0.131. The highest BCUT2D eigenvalue weighted by Crippen LogP contribution is 2.28. The van der Waals surface area contributed by atoms with Crippen LogP contribution in [-0.4, -0.2) is 76.1 Å². The van der Waals surface area contributed by atoms with E-state index in [1.165, 1.54) is 12.1 Å². The predicted octanol–water partition coefficient (Wildman–Crippen LogP) is 2.80. The van der Waals surface area contributed by atoms with Crippen molar-refractivity contribution in [3.8, 4) is 11.1 Å². The summed E-state index contributed by atoms with van der Waals surface area (Å²) in [6, 6.07) is 10.2. The molecule has 2 aromatic rings. The molecule has 1 N–H and O–H groups in total. The summed E-state index contributed by atoms with van der Waals surface area (Å²) in [5.74, 6) is -1.66. The number of ketones is 1. The minimum Gasteiger partial charge on any atom is -0.304 e. The van der Waals surface area contributed by atoms with E-state index in [0.717, 1.165) is 24.2 Å². The Hall–Kier alpha value is -1.84. The fourth-order valence-electron chi connectivity index (χ4n) is 3.65. The van der Waals surface area contributed by atoms with Crippen LogP contribution < -0.4 is 4.72 Å². The van der Waals surface area contributed by atoms with E-state index in [1.807, 2.05) is 50.2 Å². The molecule has 0 aliphatic carbocycles. The van der Waals surface area contributed by atoms with Gasteiger partial charge in [-0.25, -0.2) is 17.5 Å². The Balaban J connectivity index is 1.74. The molecule has 1 aliphatic rings. The van der Waals surface area contributed by atoms with Gasteiger partial charge in [0.1, 0.15) is 0 Å². The molecule has 168 valence electrons. The summed E-state index contributed by atoms with van der Waals surface area (Å²) >= 11 is 6.03. The number of carbonyl (C=O) groups excluding carboxylic acids is 1. The zero-order valence-corrected chi connectivity index (χ0v) is 19.4. The molecule has 0 spiro atoms. The Bertz CT molecular complexity index is 1080. The number of hydrogen-bond donors (Lipinski definition) is 1. The van der Waals surface area contributed by atoms with Gasteiger partial charge in [0, 0.05) is 25.7 Å². The SMILES string of the molecule is Cc1cccc(-c2cc(Cl)c(F)c(C(=O)CNS(=O)(=O)CC3CN(C)CCN3C)c2)c1. The zero-order valence-electron chi connectivity index (χ0n) is 17.9. The van der Waals surface area contributed by atoms with Crippen molar-refractivity contribution in [3.05, 3.63) is 58.4 Å². The number of Topliss-reactive ketones (excluding diaryl/α,β-unsaturated/α-hetero) is 1. The quantitative estimate of drug-likeness (QED) is 0.634. The predicted molar refractivity (Wildman–Crippen MR) is 122 cm³/mol. The summed E-state index contributed by atoms with van der Waals surface area (Å²) in [5.41, 5.74) is 2.16. The molecule has 3 rings (SSSR count). The third-order valence-electron chi connectivity index (χ3n) is 5.52. The lowest BCUT2D eigenvalue weighted by atomic mass is 9.99. The molecule has 9 heteroatoms. The Kier molecular flexibility index (Phi) is 7.49. The first-order valence-electron chi connectivity index (χ1n) is 10.0. The number of nitrogens with zero attached hydrogens (tertiary/aromatic N) is 2. The number of sulfonamides is 1. The van der Waals surface area contributed by atoms with Crippen LogP contribution in [0.4, 0.5) is 4.39 Å². The lowest BCUT2D eigenvalue weighted by Crippen LogP contribution is -2.53. The van der Waals surface area contributed by atoms with Crippen LogP contribution in [0, 0.1) is 12.7 Å². The minimum atomic E-state index is -3.73. The number of piperazine rings is 1. The van der Waals surface area contributed by atoms with Crippen molar-refractivity contribution in [2.75, 3.05) is 46.0 Å². The standard InChI is InChI=1S/C22H27ClFN3O3S/c1-15-5-4-6-16(9-15)17-10-19(22(24)20(23)11-17)21(28)12-25-31(29,30)14-18-13-26(2)7-8-27(18)3/h4-6,9-11,18,25H,7-8,12-14H2,1-3H3. The second-order valence-electron chi connectivity index (χ2n) is 8.11. The molecule has 0 amide bonds. The Morgan fingerprint density at radius 3 is 2.65 bits per heavy atom. The van der Waals surface area contributed by atoms with Crippen LogP contribution in [0.3, 0.4) is 0 Å². The molecular formula is C22H27ClFN3O3S. The van der Waals surface area contributed by atoms with Gasteiger partial charge in [-0.15, -0.1) is 0 Å². The van der Waals surface area contributed by atoms with Crippen LogP contribution in [0.5, 0.6) is 0 Å². The van der Waals surface area contributed by atoms with E-state index in [-0.39, 0.29) is 22.4 Å². The molecule has 1 atom stereocenters. The summed E-state index contributed by atoms with van der Waals surface area (Å²) in [5, 5.41) is -0.183. The second-order valence-corrected chi connectivity index (χ2v) is 10.4. The molecule has 2 aromatic carbocycles. The lowest BCUT2D eigenvalue weighted by molar-refractivity contribution is 0.0992. The average Bonchev–Trinajstić information content (AvgIpc) is 2.70. The van der Waals surface area contributed by atoms with Crippen molar-refractivity contribution < 1.29 is 17.6 Å². The molecule has 1 unspecified atom stereocenters. The van der Waals surface area contributed by atoms with Crippen molar-refractivity contribution in [2.45, 2.75) is 13.0 Å². The Morgan fingerprint density at radius 1 is 1.19 bits per heavy atom. The molecule has 31 heavy (non-hydrogen) atoms. The second kappa shape index (κ2) is 9.75. The van der Waals surface area contributed by atoms with Gasteiger partial charge in [0.2, 0.25) is 10.0 Å². The van der Waals surface area contributed by atoms with E-state index in [9.17, 15) is 17.6 Å². The summed E-state index contributed by atoms with van der Waals surface area (Å²) in [6.45, 7) is 3.66. The fraction of sp³-hybridized carbons (Fsp3) is 0.409. The smallest absolute Gasteiger partial charge is 0.213 e. The van der Waals surface area contributed by atoms with Crippen LogP contribution in [0.15, 0.2) is 36.4 Å². The van der Waals surface area contributed by atoms with E-state index in [4.69, 9.17) is 11.6 Å². The largest absolute Gasteiger partial charge is 0.304 e. The number of likely N-dealkylation sites (N-methyl/N-ethyl adjacent to an activating group) is 2. The molecule has 0 saturated carbocycles. The number of rotatable bonds is 7. The maximum atomic E-state index is 14.6. The van der Waals surface area contributed by atoms with E-state index in [2.05, 4.69) is 9.62 Å². The maximum Gasteiger partial charge on any atom is 0.213 e. The third-order valence-corrected chi connectivity index (χ3v) is 7.21. The summed E-state index contributed by atoms with van der Waals surface area (Å²) in [7, 11) is 0.0971. The van der Waals surface area contributed by atoms with Crippen LogP contribution in [-0.2, 0) is 10.0 Å². The molecule has 0 radical (unpaired) electrons. The van der Waals surface area contributed by atoms with Crippen LogP contribution in [0.2, 0.25) is 5.02 Å². The molecule has 6 nitrogen and oxygen atoms in total. The molecule has 1 saturated heterocycles. The number of carbonyl (C=O) groups is 1. The first-order valence-corrected chi connectivity index (χ1v) is 12.0. The number of benzene rings is 2. The number of nitrogens with one attached hydrogen (secondary N) is 1. The van der Waals surface area contributed by atoms with Crippen LogP contribution in [0.1, 0.15) is 15.9 Å². The van der Waals surface area contributed by atoms with Crippen LogP contribution in [0.25, 0.3) is 11.1 Å². The number of halogens is 2. The zero-order chi connectivity index (χ0) is 22.8. The van der Waals surface area contributed by atoms with Crippen molar-refractivity contribution in [2.24, 2.45) is 0 Å². The van der Waals surface area contributed by atoms with Gasteiger partial charge in [-0.1, -0.05) is 41.4 Å². The first-order chi connectivity index (χ1) is 14.6. The van der Waals surface area contributed by atoms with Gasteiger partial charge in [0.25, 0.3) is 0 Å². The van der Waals surface area contributed by atoms with Crippen molar-refractivity contribution in [1.82, 2.24) is 14.5 Å². The fourth-order valence-corrected chi connectivity index (χ4v) is 5.20. The molecule has 0 aromatic heterocycles. The average molecular weight is 468 g/mol. The molecular weight excluding hydrogens is 441 g/mol. The monoisotopic (exact) mass is 467 g/mol. The third kappa shape index (κ3) is 6.11. The highest BCUT2D eigenvalue weighted by Gasteiger charge is 2.28. The maximum absolute atomic E-state index is 14.6. The van der Waals surface area contributed by atoms with Gasteiger partial charge >= 0.3 is 0 Å². The topological polar surface area (TPSA) is 69.7 Å². The van der Waals surface area contributed by atoms with E-state index < -0.39 is 28.2 Å². The van der Waals surface area contributed by atoms with Crippen molar-refractivity contribution in [3.63, 3.8) is 0 Å². The van der Waals surface area contributed by atoms with E-state index in [1.54, 1.807) is 0 Å². The number of aryl methyl sites for hydroxylation is 1. The van der Waals surface area contributed by atoms with Gasteiger partial charge in [-0.05, 0) is 44.3 Å². The normalized spacial score (nSPS) is 18.3. The highest BCUT2D eigenvalue weighted by atomic mass is 35.5. The van der Waals surface area contributed by atoms with Crippen molar-refractivity contribution in [1.29, 1.82) is 0 Å².